The van der Waals surface area contributed by atoms with Crippen LogP contribution in [0.3, 0.4) is 0 Å². The van der Waals surface area contributed by atoms with Gasteiger partial charge >= 0.3 is 5.97 Å². The van der Waals surface area contributed by atoms with Crippen molar-refractivity contribution in [1.82, 2.24) is 9.78 Å². The quantitative estimate of drug-likeness (QED) is 0.808. The summed E-state index contributed by atoms with van der Waals surface area (Å²) in [6.07, 6.45) is -0.612. The first kappa shape index (κ1) is 14.8. The third-order valence-electron chi connectivity index (χ3n) is 3.25. The van der Waals surface area contributed by atoms with E-state index in [1.807, 2.05) is 54.9 Å². The van der Waals surface area contributed by atoms with E-state index < -0.39 is 12.1 Å². The van der Waals surface area contributed by atoms with Crippen LogP contribution in [0.4, 0.5) is 0 Å². The van der Waals surface area contributed by atoms with Crippen LogP contribution >= 0.6 is 0 Å². The van der Waals surface area contributed by atoms with Crippen LogP contribution in [0.2, 0.25) is 0 Å². The van der Waals surface area contributed by atoms with Crippen LogP contribution in [-0.2, 0) is 16.0 Å². The van der Waals surface area contributed by atoms with Crippen LogP contribution in [0.25, 0.3) is 5.69 Å². The third kappa shape index (κ3) is 3.29. The standard InChI is InChI=1S/C16H17N3O2/c1-11(10-17)21-16(20)9-15-12(2)18-19(13(15)3)14-7-5-4-6-8-14/h4-8,11H,9H2,1-3H3/t11-/m0/s1. The van der Waals surface area contributed by atoms with Gasteiger partial charge < -0.3 is 4.74 Å². The predicted molar refractivity (Wildman–Crippen MR) is 77.9 cm³/mol. The minimum atomic E-state index is -0.734. The summed E-state index contributed by atoms with van der Waals surface area (Å²) >= 11 is 0. The number of benzene rings is 1. The first-order valence-electron chi connectivity index (χ1n) is 6.72. The average Bonchev–Trinajstić information content (AvgIpc) is 2.76. The molecule has 1 heterocycles. The van der Waals surface area contributed by atoms with Gasteiger partial charge in [0, 0.05) is 11.3 Å². The van der Waals surface area contributed by atoms with Crippen molar-refractivity contribution in [2.24, 2.45) is 0 Å². The van der Waals surface area contributed by atoms with Gasteiger partial charge in [0.2, 0.25) is 0 Å². The highest BCUT2D eigenvalue weighted by Crippen LogP contribution is 2.18. The Bertz CT molecular complexity index is 684. The molecule has 0 bridgehead atoms. The normalized spacial score (nSPS) is 11.7. The van der Waals surface area contributed by atoms with Crippen molar-refractivity contribution in [2.75, 3.05) is 0 Å². The lowest BCUT2D eigenvalue weighted by Gasteiger charge is -2.07. The van der Waals surface area contributed by atoms with E-state index in [0.717, 1.165) is 22.6 Å². The first-order chi connectivity index (χ1) is 10.0. The van der Waals surface area contributed by atoms with Gasteiger partial charge in [-0.2, -0.15) is 10.4 Å². The summed E-state index contributed by atoms with van der Waals surface area (Å²) in [5, 5.41) is 13.1. The van der Waals surface area contributed by atoms with Gasteiger partial charge in [-0.05, 0) is 32.9 Å². The number of hydrogen-bond acceptors (Lipinski definition) is 4. The Balaban J connectivity index is 2.25. The van der Waals surface area contributed by atoms with Crippen molar-refractivity contribution in [3.8, 4) is 11.8 Å². The third-order valence-corrected chi connectivity index (χ3v) is 3.25. The molecule has 1 aromatic heterocycles. The summed E-state index contributed by atoms with van der Waals surface area (Å²) in [6, 6.07) is 11.6. The molecule has 0 saturated heterocycles. The molecule has 0 radical (unpaired) electrons. The fourth-order valence-electron chi connectivity index (χ4n) is 2.16. The van der Waals surface area contributed by atoms with E-state index in [4.69, 9.17) is 10.00 Å². The molecule has 0 N–H and O–H groups in total. The van der Waals surface area contributed by atoms with Crippen LogP contribution in [0, 0.1) is 25.2 Å². The Labute approximate surface area is 123 Å². The predicted octanol–water partition coefficient (Wildman–Crippen LogP) is 2.49. The monoisotopic (exact) mass is 283 g/mol. The minimum absolute atomic E-state index is 0.122. The summed E-state index contributed by atoms with van der Waals surface area (Å²) in [5.74, 6) is -0.414. The lowest BCUT2D eigenvalue weighted by molar-refractivity contribution is -0.145. The summed E-state index contributed by atoms with van der Waals surface area (Å²) in [7, 11) is 0. The molecule has 21 heavy (non-hydrogen) atoms. The maximum atomic E-state index is 11.8. The second-order valence-corrected chi connectivity index (χ2v) is 4.83. The van der Waals surface area contributed by atoms with Gasteiger partial charge in [0.25, 0.3) is 0 Å². The maximum Gasteiger partial charge on any atom is 0.311 e. The zero-order chi connectivity index (χ0) is 15.4. The molecule has 0 aliphatic heterocycles. The second-order valence-electron chi connectivity index (χ2n) is 4.83. The lowest BCUT2D eigenvalue weighted by atomic mass is 10.1. The molecule has 1 aromatic carbocycles. The molecule has 2 rings (SSSR count). The number of ether oxygens (including phenoxy) is 1. The molecule has 5 heteroatoms. The van der Waals surface area contributed by atoms with E-state index in [2.05, 4.69) is 5.10 Å². The number of carbonyl (C=O) groups excluding carboxylic acids is 1. The molecule has 0 fully saturated rings. The Morgan fingerprint density at radius 2 is 2.05 bits per heavy atom. The van der Waals surface area contributed by atoms with Gasteiger partial charge in [-0.25, -0.2) is 4.68 Å². The number of aromatic nitrogens is 2. The van der Waals surface area contributed by atoms with Gasteiger partial charge in [0.1, 0.15) is 6.07 Å². The van der Waals surface area contributed by atoms with Gasteiger partial charge in [-0.3, -0.25) is 4.79 Å². The zero-order valence-electron chi connectivity index (χ0n) is 12.3. The summed E-state index contributed by atoms with van der Waals surface area (Å²) in [5.41, 5.74) is 3.48. The molecule has 0 aliphatic carbocycles. The van der Waals surface area contributed by atoms with Crippen LogP contribution in [0.1, 0.15) is 23.9 Å². The highest BCUT2D eigenvalue weighted by molar-refractivity contribution is 5.73. The maximum absolute atomic E-state index is 11.8. The van der Waals surface area contributed by atoms with E-state index in [9.17, 15) is 4.79 Å². The van der Waals surface area contributed by atoms with E-state index in [-0.39, 0.29) is 6.42 Å². The number of carbonyl (C=O) groups is 1. The molecule has 0 amide bonds. The number of hydrogen-bond donors (Lipinski definition) is 0. The van der Waals surface area contributed by atoms with Gasteiger partial charge in [0.15, 0.2) is 6.10 Å². The molecule has 0 saturated carbocycles. The van der Waals surface area contributed by atoms with Gasteiger partial charge in [0.05, 0.1) is 17.8 Å². The van der Waals surface area contributed by atoms with E-state index in [0.29, 0.717) is 0 Å². The molecule has 108 valence electrons. The number of esters is 1. The Morgan fingerprint density at radius 3 is 2.67 bits per heavy atom. The highest BCUT2D eigenvalue weighted by atomic mass is 16.5. The van der Waals surface area contributed by atoms with Gasteiger partial charge in [-0.1, -0.05) is 18.2 Å². The Morgan fingerprint density at radius 1 is 1.38 bits per heavy atom. The van der Waals surface area contributed by atoms with E-state index in [1.54, 1.807) is 6.92 Å². The second kappa shape index (κ2) is 6.23. The molecule has 1 atom stereocenters. The van der Waals surface area contributed by atoms with E-state index in [1.165, 1.54) is 0 Å². The Hall–Kier alpha value is -2.61. The topological polar surface area (TPSA) is 67.9 Å². The molecule has 0 unspecified atom stereocenters. The molecule has 0 aliphatic rings. The minimum Gasteiger partial charge on any atom is -0.447 e. The summed E-state index contributed by atoms with van der Waals surface area (Å²) in [4.78, 5) is 11.8. The van der Waals surface area contributed by atoms with Crippen molar-refractivity contribution in [3.05, 3.63) is 47.3 Å². The van der Waals surface area contributed by atoms with E-state index >= 15 is 0 Å². The van der Waals surface area contributed by atoms with Crippen molar-refractivity contribution < 1.29 is 9.53 Å². The summed E-state index contributed by atoms with van der Waals surface area (Å²) < 4.78 is 6.80. The zero-order valence-corrected chi connectivity index (χ0v) is 12.3. The first-order valence-corrected chi connectivity index (χ1v) is 6.72. The number of para-hydroxylation sites is 1. The highest BCUT2D eigenvalue weighted by Gasteiger charge is 2.17. The number of nitriles is 1. The molecular weight excluding hydrogens is 266 g/mol. The summed E-state index contributed by atoms with van der Waals surface area (Å²) in [6.45, 7) is 5.33. The fourth-order valence-corrected chi connectivity index (χ4v) is 2.16. The molecule has 0 spiro atoms. The molecular formula is C16H17N3O2. The smallest absolute Gasteiger partial charge is 0.311 e. The van der Waals surface area contributed by atoms with Crippen LogP contribution < -0.4 is 0 Å². The van der Waals surface area contributed by atoms with Crippen molar-refractivity contribution in [3.63, 3.8) is 0 Å². The van der Waals surface area contributed by atoms with Crippen LogP contribution in [-0.4, -0.2) is 21.9 Å². The fraction of sp³-hybridized carbons (Fsp3) is 0.312. The average molecular weight is 283 g/mol. The largest absolute Gasteiger partial charge is 0.447 e. The van der Waals surface area contributed by atoms with Crippen LogP contribution in [0.5, 0.6) is 0 Å². The van der Waals surface area contributed by atoms with Gasteiger partial charge in [-0.15, -0.1) is 0 Å². The lowest BCUT2D eigenvalue weighted by Crippen LogP contribution is -2.15. The number of aryl methyl sites for hydroxylation is 1. The SMILES string of the molecule is Cc1nn(-c2ccccc2)c(C)c1CC(=O)O[C@@H](C)C#N. The molecule has 5 nitrogen and oxygen atoms in total. The van der Waals surface area contributed by atoms with Crippen LogP contribution in [0.15, 0.2) is 30.3 Å². The van der Waals surface area contributed by atoms with Crippen molar-refractivity contribution >= 4 is 5.97 Å². The van der Waals surface area contributed by atoms with Crippen molar-refractivity contribution in [2.45, 2.75) is 33.3 Å². The van der Waals surface area contributed by atoms with Crippen molar-refractivity contribution in [1.29, 1.82) is 5.26 Å². The Kier molecular flexibility index (Phi) is 4.39. The number of rotatable bonds is 4. The number of nitrogens with zero attached hydrogens (tertiary/aromatic N) is 3. The molecule has 2 aromatic rings.